The maximum absolute atomic E-state index is 14.7. The van der Waals surface area contributed by atoms with Crippen LogP contribution in [0.4, 0.5) is 4.39 Å². The van der Waals surface area contributed by atoms with Gasteiger partial charge in [-0.2, -0.15) is 5.10 Å². The number of hydrogen-bond acceptors (Lipinski definition) is 5. The number of thioether (sulfide) groups is 1. The van der Waals surface area contributed by atoms with Gasteiger partial charge in [-0.1, -0.05) is 30.0 Å². The summed E-state index contributed by atoms with van der Waals surface area (Å²) in [6.07, 6.45) is 6.30. The first-order chi connectivity index (χ1) is 14.4. The fourth-order valence-electron chi connectivity index (χ4n) is 4.11. The predicted molar refractivity (Wildman–Crippen MR) is 124 cm³/mol. The van der Waals surface area contributed by atoms with Crippen LogP contribution in [0.15, 0.2) is 42.1 Å². The SMILES string of the molecule is CC(=O)SC1CCN(C(C(=O)C2CC2)c2ccccc2F)C/C1=C/c1ccnn1C.Cl. The van der Waals surface area contributed by atoms with Crippen LogP contribution >= 0.6 is 24.2 Å². The largest absolute Gasteiger partial charge is 0.297 e. The van der Waals surface area contributed by atoms with Crippen molar-refractivity contribution in [3.63, 3.8) is 0 Å². The molecule has 2 unspecified atom stereocenters. The van der Waals surface area contributed by atoms with Gasteiger partial charge in [0.1, 0.15) is 5.82 Å². The lowest BCUT2D eigenvalue weighted by molar-refractivity contribution is -0.126. The molecule has 5 nitrogen and oxygen atoms in total. The van der Waals surface area contributed by atoms with Crippen molar-refractivity contribution in [1.82, 2.24) is 14.7 Å². The van der Waals surface area contributed by atoms with Gasteiger partial charge in [0.05, 0.1) is 11.7 Å². The highest BCUT2D eigenvalue weighted by Crippen LogP contribution is 2.40. The molecule has 1 aliphatic heterocycles. The van der Waals surface area contributed by atoms with Crippen LogP contribution in [0.25, 0.3) is 6.08 Å². The molecule has 4 rings (SSSR count). The third-order valence-corrected chi connectivity index (χ3v) is 6.95. The summed E-state index contributed by atoms with van der Waals surface area (Å²) in [6, 6.07) is 7.92. The van der Waals surface area contributed by atoms with E-state index < -0.39 is 6.04 Å². The van der Waals surface area contributed by atoms with Crippen LogP contribution in [0.3, 0.4) is 0 Å². The second-order valence-corrected chi connectivity index (χ2v) is 9.44. The Morgan fingerprint density at radius 2 is 1.97 bits per heavy atom. The topological polar surface area (TPSA) is 55.2 Å². The van der Waals surface area contributed by atoms with E-state index >= 15 is 0 Å². The Morgan fingerprint density at radius 1 is 1.23 bits per heavy atom. The Morgan fingerprint density at radius 3 is 2.58 bits per heavy atom. The molecule has 166 valence electrons. The molecule has 31 heavy (non-hydrogen) atoms. The number of aryl methyl sites for hydroxylation is 1. The van der Waals surface area contributed by atoms with Crippen LogP contribution in [-0.2, 0) is 16.6 Å². The van der Waals surface area contributed by atoms with E-state index in [9.17, 15) is 14.0 Å². The molecule has 0 radical (unpaired) electrons. The van der Waals surface area contributed by atoms with Crippen molar-refractivity contribution in [1.29, 1.82) is 0 Å². The van der Waals surface area contributed by atoms with Gasteiger partial charge < -0.3 is 0 Å². The smallest absolute Gasteiger partial charge is 0.186 e. The van der Waals surface area contributed by atoms with Gasteiger partial charge in [0, 0.05) is 50.0 Å². The van der Waals surface area contributed by atoms with Crippen molar-refractivity contribution in [2.24, 2.45) is 13.0 Å². The molecule has 2 aromatic rings. The van der Waals surface area contributed by atoms with Gasteiger partial charge in [-0.3, -0.25) is 19.2 Å². The Balaban J connectivity index is 0.00000272. The summed E-state index contributed by atoms with van der Waals surface area (Å²) in [4.78, 5) is 27.1. The second-order valence-electron chi connectivity index (χ2n) is 8.06. The van der Waals surface area contributed by atoms with Gasteiger partial charge in [-0.25, -0.2) is 4.39 Å². The molecular formula is C23H27ClFN3O2S. The van der Waals surface area contributed by atoms with Gasteiger partial charge in [-0.15, -0.1) is 12.4 Å². The molecule has 0 spiro atoms. The van der Waals surface area contributed by atoms with E-state index in [1.54, 1.807) is 36.0 Å². The summed E-state index contributed by atoms with van der Waals surface area (Å²) in [5, 5.41) is 4.34. The van der Waals surface area contributed by atoms with E-state index in [2.05, 4.69) is 16.1 Å². The van der Waals surface area contributed by atoms with Crippen LogP contribution < -0.4 is 0 Å². The first kappa shape index (κ1) is 23.7. The zero-order valence-corrected chi connectivity index (χ0v) is 19.3. The first-order valence-corrected chi connectivity index (χ1v) is 11.2. The van der Waals surface area contributed by atoms with E-state index in [4.69, 9.17) is 0 Å². The van der Waals surface area contributed by atoms with Crippen LogP contribution in [0.5, 0.6) is 0 Å². The molecule has 1 saturated heterocycles. The Bertz CT molecular complexity index is 989. The third-order valence-electron chi connectivity index (χ3n) is 5.79. The normalized spacial score (nSPS) is 21.5. The number of hydrogen-bond donors (Lipinski definition) is 0. The number of ketones is 1. The lowest BCUT2D eigenvalue weighted by atomic mass is 9.93. The van der Waals surface area contributed by atoms with Gasteiger partial charge in [0.2, 0.25) is 0 Å². The highest BCUT2D eigenvalue weighted by Gasteiger charge is 2.41. The summed E-state index contributed by atoms with van der Waals surface area (Å²) in [5.41, 5.74) is 2.46. The maximum atomic E-state index is 14.7. The van der Waals surface area contributed by atoms with E-state index in [1.165, 1.54) is 17.8 Å². The molecule has 1 aromatic heterocycles. The average Bonchev–Trinajstić information content (AvgIpc) is 3.48. The van der Waals surface area contributed by atoms with Gasteiger partial charge in [-0.05, 0) is 43.0 Å². The van der Waals surface area contributed by atoms with Crippen LogP contribution in [0, 0.1) is 11.7 Å². The number of halogens is 2. The number of piperidine rings is 1. The van der Waals surface area contributed by atoms with E-state index in [1.807, 2.05) is 13.1 Å². The Kier molecular flexibility index (Phi) is 7.73. The summed E-state index contributed by atoms with van der Waals surface area (Å²) < 4.78 is 16.5. The van der Waals surface area contributed by atoms with Gasteiger partial charge >= 0.3 is 0 Å². The Hall–Kier alpha value is -1.96. The number of aromatic nitrogens is 2. The van der Waals surface area contributed by atoms with Crippen LogP contribution in [0.2, 0.25) is 0 Å². The molecule has 2 fully saturated rings. The molecule has 8 heteroatoms. The minimum Gasteiger partial charge on any atom is -0.297 e. The maximum Gasteiger partial charge on any atom is 0.186 e. The average molecular weight is 464 g/mol. The van der Waals surface area contributed by atoms with E-state index in [0.29, 0.717) is 18.7 Å². The molecule has 1 aliphatic carbocycles. The second kappa shape index (κ2) is 10.1. The first-order valence-electron chi connectivity index (χ1n) is 10.3. The minimum absolute atomic E-state index is 0. The third kappa shape index (κ3) is 5.45. The fourth-order valence-corrected chi connectivity index (χ4v) is 5.03. The quantitative estimate of drug-likeness (QED) is 0.634. The number of benzene rings is 1. The standard InChI is InChI=1S/C23H26FN3O2S.ClH/c1-15(28)30-21-10-12-27(14-17(21)13-18-9-11-25-26(18)2)22(23(29)16-7-8-16)19-5-3-4-6-20(19)24;/h3-6,9,11,13,16,21-22H,7-8,10,12,14H2,1-2H3;1H/b17-13-;. The van der Waals surface area contributed by atoms with E-state index in [0.717, 1.165) is 30.5 Å². The van der Waals surface area contributed by atoms with Crippen molar-refractivity contribution in [3.8, 4) is 0 Å². The molecule has 1 saturated carbocycles. The number of carbonyl (C=O) groups is 2. The lowest BCUT2D eigenvalue weighted by Gasteiger charge is -2.38. The number of likely N-dealkylation sites (tertiary alicyclic amines) is 1. The zero-order valence-electron chi connectivity index (χ0n) is 17.7. The predicted octanol–water partition coefficient (Wildman–Crippen LogP) is 4.44. The summed E-state index contributed by atoms with van der Waals surface area (Å²) >= 11 is 1.33. The molecule has 1 aromatic carbocycles. The van der Waals surface area contributed by atoms with Crippen molar-refractivity contribution in [2.45, 2.75) is 37.5 Å². The summed E-state index contributed by atoms with van der Waals surface area (Å²) in [5.74, 6) is -0.199. The number of nitrogens with zero attached hydrogens (tertiary/aromatic N) is 3. The van der Waals surface area contributed by atoms with Gasteiger partial charge in [0.15, 0.2) is 10.9 Å². The molecule has 2 atom stereocenters. The van der Waals surface area contributed by atoms with Crippen LogP contribution in [-0.4, -0.2) is 43.9 Å². The summed E-state index contributed by atoms with van der Waals surface area (Å²) in [6.45, 7) is 2.75. The number of carbonyl (C=O) groups excluding carboxylic acids is 2. The molecule has 0 N–H and O–H groups in total. The van der Waals surface area contributed by atoms with Crippen molar-refractivity contribution in [3.05, 3.63) is 59.2 Å². The zero-order chi connectivity index (χ0) is 21.3. The highest BCUT2D eigenvalue weighted by molar-refractivity contribution is 8.14. The number of Topliss-reactive ketones (excluding diaryl/α,β-unsaturated/α-hetero) is 1. The van der Waals surface area contributed by atoms with E-state index in [-0.39, 0.29) is 40.3 Å². The number of rotatable bonds is 6. The monoisotopic (exact) mass is 463 g/mol. The van der Waals surface area contributed by atoms with Crippen LogP contribution in [0.1, 0.15) is 43.5 Å². The highest BCUT2D eigenvalue weighted by atomic mass is 35.5. The fraction of sp³-hybridized carbons (Fsp3) is 0.435. The van der Waals surface area contributed by atoms with Crippen molar-refractivity contribution in [2.75, 3.05) is 13.1 Å². The molecule has 0 amide bonds. The van der Waals surface area contributed by atoms with Gasteiger partial charge in [0.25, 0.3) is 0 Å². The van der Waals surface area contributed by atoms with Crippen molar-refractivity contribution >= 4 is 41.1 Å². The van der Waals surface area contributed by atoms with Crippen molar-refractivity contribution < 1.29 is 14.0 Å². The molecule has 2 heterocycles. The Labute approximate surface area is 192 Å². The molecular weight excluding hydrogens is 437 g/mol. The summed E-state index contributed by atoms with van der Waals surface area (Å²) in [7, 11) is 1.87. The minimum atomic E-state index is -0.586. The molecule has 2 aliphatic rings. The molecule has 0 bridgehead atoms. The lowest BCUT2D eigenvalue weighted by Crippen LogP contribution is -2.43.